The minimum atomic E-state index is -5.20. The van der Waals surface area contributed by atoms with E-state index < -0.39 is 69.5 Å². The number of nitrogens with one attached hydrogen (secondary N) is 1. The van der Waals surface area contributed by atoms with Crippen molar-refractivity contribution in [2.45, 2.75) is 77.6 Å². The van der Waals surface area contributed by atoms with E-state index in [-0.39, 0.29) is 29.7 Å². The van der Waals surface area contributed by atoms with Gasteiger partial charge in [-0.05, 0) is 93.0 Å². The number of hydrogen-bond acceptors (Lipinski definition) is 6. The van der Waals surface area contributed by atoms with Crippen molar-refractivity contribution in [1.82, 2.24) is 5.32 Å². The molecule has 0 aliphatic rings. The summed E-state index contributed by atoms with van der Waals surface area (Å²) >= 11 is 0. The van der Waals surface area contributed by atoms with E-state index in [0.717, 1.165) is 12.1 Å². The van der Waals surface area contributed by atoms with Crippen LogP contribution in [0.25, 0.3) is 11.1 Å². The van der Waals surface area contributed by atoms with Crippen LogP contribution in [0.2, 0.25) is 0 Å². The number of aryl methyl sites for hydroxylation is 2. The number of ether oxygens (including phenoxy) is 1. The Morgan fingerprint density at radius 2 is 1.76 bits per heavy atom. The predicted octanol–water partition coefficient (Wildman–Crippen LogP) is 7.28. The Morgan fingerprint density at radius 1 is 1.09 bits per heavy atom. The number of alkyl halides is 3. The summed E-state index contributed by atoms with van der Waals surface area (Å²) in [6.07, 6.45) is -3.39. The summed E-state index contributed by atoms with van der Waals surface area (Å²) in [7, 11) is -4.20. The van der Waals surface area contributed by atoms with Gasteiger partial charge in [0.15, 0.2) is 6.10 Å². The molecule has 0 fully saturated rings. The van der Waals surface area contributed by atoms with Crippen LogP contribution in [0.5, 0.6) is 0 Å². The molecule has 248 valence electrons. The van der Waals surface area contributed by atoms with Gasteiger partial charge in [-0.1, -0.05) is 11.6 Å². The maximum atomic E-state index is 15.8. The minimum absolute atomic E-state index is 0.116. The third kappa shape index (κ3) is 11.4. The van der Waals surface area contributed by atoms with Crippen LogP contribution in [-0.4, -0.2) is 39.3 Å². The highest BCUT2D eigenvalue weighted by atomic mass is 32.2. The average molecular weight is 660 g/mol. The Hall–Kier alpha value is -3.58. The van der Waals surface area contributed by atoms with Gasteiger partial charge in [0, 0.05) is 12.0 Å². The van der Waals surface area contributed by atoms with Crippen LogP contribution in [-0.2, 0) is 41.2 Å². The molecule has 7 nitrogen and oxygen atoms in total. The van der Waals surface area contributed by atoms with E-state index in [1.165, 1.54) is 26.8 Å². The fourth-order valence-corrected chi connectivity index (χ4v) is 5.44. The second kappa shape index (κ2) is 16.1. The number of benzene rings is 2. The first-order chi connectivity index (χ1) is 20.9. The second-order valence-corrected chi connectivity index (χ2v) is 12.3. The molecule has 0 unspecified atom stereocenters. The number of esters is 1. The summed E-state index contributed by atoms with van der Waals surface area (Å²) in [5.74, 6) is -4.47. The van der Waals surface area contributed by atoms with Crippen LogP contribution in [0.4, 0.5) is 22.0 Å². The molecule has 0 saturated heterocycles. The Morgan fingerprint density at radius 3 is 2.31 bits per heavy atom. The van der Waals surface area contributed by atoms with E-state index in [0.29, 0.717) is 49.1 Å². The highest BCUT2D eigenvalue weighted by Gasteiger charge is 2.38. The Bertz CT molecular complexity index is 1520. The smallest absolute Gasteiger partial charge is 0.419 e. The van der Waals surface area contributed by atoms with Crippen molar-refractivity contribution in [2.75, 3.05) is 12.9 Å². The van der Waals surface area contributed by atoms with Crippen molar-refractivity contribution in [3.8, 4) is 11.1 Å². The van der Waals surface area contributed by atoms with Crippen LogP contribution < -0.4 is 5.32 Å². The number of allylic oxidation sites excluding steroid dienone is 1. The first-order valence-electron chi connectivity index (χ1n) is 14.2. The third-order valence-corrected chi connectivity index (χ3v) is 7.25. The van der Waals surface area contributed by atoms with Gasteiger partial charge in [-0.2, -0.15) is 21.6 Å². The van der Waals surface area contributed by atoms with Crippen molar-refractivity contribution in [3.05, 3.63) is 83.0 Å². The van der Waals surface area contributed by atoms with E-state index in [4.69, 9.17) is 8.92 Å². The molecule has 2 aromatic carbocycles. The van der Waals surface area contributed by atoms with Crippen molar-refractivity contribution in [3.63, 3.8) is 0 Å². The van der Waals surface area contributed by atoms with Crippen LogP contribution >= 0.6 is 0 Å². The number of halogens is 5. The van der Waals surface area contributed by atoms with Gasteiger partial charge in [-0.3, -0.25) is 13.8 Å². The summed E-state index contributed by atoms with van der Waals surface area (Å²) < 4.78 is 107. The Balaban J connectivity index is 2.81. The van der Waals surface area contributed by atoms with E-state index in [2.05, 4.69) is 18.5 Å². The lowest BCUT2D eigenvalue weighted by Gasteiger charge is -2.25. The Labute approximate surface area is 260 Å². The summed E-state index contributed by atoms with van der Waals surface area (Å²) in [4.78, 5) is 25.8. The molecule has 2 atom stereocenters. The summed E-state index contributed by atoms with van der Waals surface area (Å²) in [6.45, 7) is 11.6. The lowest BCUT2D eigenvalue weighted by atomic mass is 9.88. The molecule has 0 radical (unpaired) electrons. The third-order valence-electron chi connectivity index (χ3n) is 6.67. The van der Waals surface area contributed by atoms with E-state index in [9.17, 15) is 35.6 Å². The van der Waals surface area contributed by atoms with Gasteiger partial charge in [-0.25, -0.2) is 8.78 Å². The number of carbonyl (C=O) groups is 2. The molecule has 0 aromatic heterocycles. The molecule has 0 bridgehead atoms. The standard InChI is InChI=1S/C32H38F5NO6S/c1-7-9-10-11-12-21-15-23(33)14-20(5)29(21)22-16-24(30(34)25(17-22)32(35,36)37)26(18-28(39)43-8-2)38-31(40)27(13-19(3)4)44-45(6,41)42/h7,14-17,26-27H,1,3,8-13,18H2,2,4-6H3,(H,38,40)/t26-,27+/m0/s1. The van der Waals surface area contributed by atoms with E-state index in [1.54, 1.807) is 6.08 Å². The van der Waals surface area contributed by atoms with Crippen LogP contribution in [0, 0.1) is 18.6 Å². The molecule has 2 rings (SSSR count). The molecule has 1 N–H and O–H groups in total. The number of carbonyl (C=O) groups excluding carboxylic acids is 2. The summed E-state index contributed by atoms with van der Waals surface area (Å²) in [5.41, 5.74) is -1.26. The maximum Gasteiger partial charge on any atom is 0.419 e. The molecule has 13 heteroatoms. The molecule has 0 aliphatic carbocycles. The fourth-order valence-electron chi connectivity index (χ4n) is 4.87. The average Bonchev–Trinajstić information content (AvgIpc) is 2.89. The van der Waals surface area contributed by atoms with Crippen molar-refractivity contribution in [2.24, 2.45) is 0 Å². The summed E-state index contributed by atoms with van der Waals surface area (Å²) in [6, 6.07) is 2.26. The van der Waals surface area contributed by atoms with E-state index >= 15 is 4.39 Å². The fraction of sp³-hybridized carbons (Fsp3) is 0.438. The number of hydrogen-bond donors (Lipinski definition) is 1. The molecule has 45 heavy (non-hydrogen) atoms. The van der Waals surface area contributed by atoms with Gasteiger partial charge >= 0.3 is 12.1 Å². The monoisotopic (exact) mass is 659 g/mol. The Kier molecular flexibility index (Phi) is 13.5. The van der Waals surface area contributed by atoms with Crippen molar-refractivity contribution in [1.29, 1.82) is 0 Å². The normalized spacial score (nSPS) is 13.2. The summed E-state index contributed by atoms with van der Waals surface area (Å²) in [5, 5.41) is 2.29. The molecule has 0 heterocycles. The van der Waals surface area contributed by atoms with E-state index in [1.807, 2.05) is 0 Å². The minimum Gasteiger partial charge on any atom is -0.466 e. The predicted molar refractivity (Wildman–Crippen MR) is 161 cm³/mol. The zero-order chi connectivity index (χ0) is 34.1. The van der Waals surface area contributed by atoms with Gasteiger partial charge in [-0.15, -0.1) is 13.2 Å². The lowest BCUT2D eigenvalue weighted by molar-refractivity contribution is -0.144. The van der Waals surface area contributed by atoms with Gasteiger partial charge in [0.25, 0.3) is 16.0 Å². The first kappa shape index (κ1) is 37.6. The number of unbranched alkanes of at least 4 members (excludes halogenated alkanes) is 2. The molecule has 0 saturated carbocycles. The van der Waals surface area contributed by atoms with Crippen LogP contribution in [0.15, 0.2) is 49.1 Å². The topological polar surface area (TPSA) is 98.8 Å². The van der Waals surface area contributed by atoms with Crippen LogP contribution in [0.3, 0.4) is 0 Å². The molecule has 0 aliphatic heterocycles. The SMILES string of the molecule is C=CCCCCc1cc(F)cc(C)c1-c1cc([C@H](CC(=O)OCC)NC(=O)[C@@H](CC(=C)C)OS(C)(=O)=O)c(F)c(C(F)(F)F)c1. The highest BCUT2D eigenvalue weighted by Crippen LogP contribution is 2.40. The second-order valence-electron chi connectivity index (χ2n) is 10.7. The highest BCUT2D eigenvalue weighted by molar-refractivity contribution is 7.86. The quantitative estimate of drug-likeness (QED) is 0.0669. The van der Waals surface area contributed by atoms with Gasteiger partial charge < -0.3 is 10.1 Å². The van der Waals surface area contributed by atoms with Crippen molar-refractivity contribution >= 4 is 22.0 Å². The number of rotatable bonds is 16. The lowest BCUT2D eigenvalue weighted by Crippen LogP contribution is -2.41. The largest absolute Gasteiger partial charge is 0.466 e. The maximum absolute atomic E-state index is 15.8. The zero-order valence-electron chi connectivity index (χ0n) is 25.7. The molecular weight excluding hydrogens is 621 g/mol. The van der Waals surface area contributed by atoms with Gasteiger partial charge in [0.2, 0.25) is 0 Å². The molecule has 0 spiro atoms. The zero-order valence-corrected chi connectivity index (χ0v) is 26.5. The van der Waals surface area contributed by atoms with Crippen LogP contribution in [0.1, 0.15) is 74.2 Å². The molecular formula is C32H38F5NO6S. The first-order valence-corrected chi connectivity index (χ1v) is 16.0. The van der Waals surface area contributed by atoms with Crippen molar-refractivity contribution < 1.29 is 48.9 Å². The van der Waals surface area contributed by atoms with Gasteiger partial charge in [0.05, 0.1) is 30.9 Å². The molecule has 2 aromatic rings. The number of amides is 1. The molecule has 1 amide bonds. The van der Waals surface area contributed by atoms with Gasteiger partial charge in [0.1, 0.15) is 11.6 Å².